The van der Waals surface area contributed by atoms with E-state index in [2.05, 4.69) is 6.92 Å². The highest BCUT2D eigenvalue weighted by molar-refractivity contribution is 5.91. The van der Waals surface area contributed by atoms with Crippen LogP contribution in [-0.2, 0) is 11.2 Å². The maximum atomic E-state index is 11.9. The molecular weight excluding hydrogens is 200 g/mol. The SMILES string of the molecule is CCc1cccc(C(=O)OC(C)(C)C)c1C. The van der Waals surface area contributed by atoms with E-state index < -0.39 is 5.60 Å². The van der Waals surface area contributed by atoms with Gasteiger partial charge in [-0.25, -0.2) is 4.79 Å². The van der Waals surface area contributed by atoms with Gasteiger partial charge in [0.05, 0.1) is 5.56 Å². The molecule has 0 fully saturated rings. The summed E-state index contributed by atoms with van der Waals surface area (Å²) < 4.78 is 5.37. The molecule has 0 aliphatic heterocycles. The molecule has 0 atom stereocenters. The van der Waals surface area contributed by atoms with E-state index in [4.69, 9.17) is 4.74 Å². The van der Waals surface area contributed by atoms with Crippen LogP contribution in [0.3, 0.4) is 0 Å². The number of esters is 1. The Morgan fingerprint density at radius 1 is 1.31 bits per heavy atom. The summed E-state index contributed by atoms with van der Waals surface area (Å²) in [6.45, 7) is 9.69. The normalized spacial score (nSPS) is 11.3. The van der Waals surface area contributed by atoms with Gasteiger partial charge in [0.15, 0.2) is 0 Å². The third kappa shape index (κ3) is 3.09. The largest absolute Gasteiger partial charge is 0.456 e. The lowest BCUT2D eigenvalue weighted by Gasteiger charge is -2.20. The maximum absolute atomic E-state index is 11.9. The number of hydrogen-bond donors (Lipinski definition) is 0. The smallest absolute Gasteiger partial charge is 0.338 e. The second-order valence-corrected chi connectivity index (χ2v) is 4.95. The Morgan fingerprint density at radius 2 is 1.94 bits per heavy atom. The average molecular weight is 220 g/mol. The van der Waals surface area contributed by atoms with Crippen molar-refractivity contribution in [1.82, 2.24) is 0 Å². The van der Waals surface area contributed by atoms with E-state index in [0.29, 0.717) is 5.56 Å². The fourth-order valence-corrected chi connectivity index (χ4v) is 1.62. The van der Waals surface area contributed by atoms with Gasteiger partial charge in [0.2, 0.25) is 0 Å². The lowest BCUT2D eigenvalue weighted by Crippen LogP contribution is -2.24. The number of ether oxygens (including phenoxy) is 1. The number of aryl methyl sites for hydroxylation is 1. The first-order valence-corrected chi connectivity index (χ1v) is 5.67. The lowest BCUT2D eigenvalue weighted by atomic mass is 10.0. The monoisotopic (exact) mass is 220 g/mol. The first kappa shape index (κ1) is 12.8. The van der Waals surface area contributed by atoms with Crippen LogP contribution < -0.4 is 0 Å². The summed E-state index contributed by atoms with van der Waals surface area (Å²) >= 11 is 0. The van der Waals surface area contributed by atoms with Crippen molar-refractivity contribution in [2.24, 2.45) is 0 Å². The van der Waals surface area contributed by atoms with Gasteiger partial charge in [-0.15, -0.1) is 0 Å². The molecule has 16 heavy (non-hydrogen) atoms. The minimum atomic E-state index is -0.439. The van der Waals surface area contributed by atoms with Gasteiger partial charge in [0.1, 0.15) is 5.60 Å². The highest BCUT2D eigenvalue weighted by Crippen LogP contribution is 2.18. The third-order valence-corrected chi connectivity index (χ3v) is 2.45. The van der Waals surface area contributed by atoms with Gasteiger partial charge in [0, 0.05) is 0 Å². The van der Waals surface area contributed by atoms with E-state index >= 15 is 0 Å². The first-order chi connectivity index (χ1) is 7.35. The highest BCUT2D eigenvalue weighted by Gasteiger charge is 2.19. The molecule has 2 nitrogen and oxygen atoms in total. The van der Waals surface area contributed by atoms with Crippen molar-refractivity contribution in [3.05, 3.63) is 34.9 Å². The van der Waals surface area contributed by atoms with Gasteiger partial charge in [0.25, 0.3) is 0 Å². The lowest BCUT2D eigenvalue weighted by molar-refractivity contribution is 0.00686. The summed E-state index contributed by atoms with van der Waals surface area (Å²) in [5, 5.41) is 0. The summed E-state index contributed by atoms with van der Waals surface area (Å²) in [6, 6.07) is 5.77. The fraction of sp³-hybridized carbons (Fsp3) is 0.500. The predicted molar refractivity (Wildman–Crippen MR) is 65.7 cm³/mol. The fourth-order valence-electron chi connectivity index (χ4n) is 1.62. The molecule has 0 N–H and O–H groups in total. The molecule has 0 amide bonds. The number of benzene rings is 1. The van der Waals surface area contributed by atoms with Crippen molar-refractivity contribution >= 4 is 5.97 Å². The van der Waals surface area contributed by atoms with Gasteiger partial charge in [-0.3, -0.25) is 0 Å². The van der Waals surface area contributed by atoms with Crippen molar-refractivity contribution in [1.29, 1.82) is 0 Å². The van der Waals surface area contributed by atoms with Crippen LogP contribution in [0.15, 0.2) is 18.2 Å². The van der Waals surface area contributed by atoms with Crippen LogP contribution in [0.25, 0.3) is 0 Å². The Kier molecular flexibility index (Phi) is 3.74. The van der Waals surface area contributed by atoms with Crippen LogP contribution in [0.2, 0.25) is 0 Å². The molecule has 88 valence electrons. The zero-order valence-electron chi connectivity index (χ0n) is 10.8. The Bertz CT molecular complexity index is 386. The van der Waals surface area contributed by atoms with Gasteiger partial charge in [-0.1, -0.05) is 19.1 Å². The molecule has 0 saturated carbocycles. The number of hydrogen-bond acceptors (Lipinski definition) is 2. The Balaban J connectivity index is 3.01. The van der Waals surface area contributed by atoms with Crippen LogP contribution in [0.1, 0.15) is 49.2 Å². The van der Waals surface area contributed by atoms with Crippen LogP contribution in [0, 0.1) is 6.92 Å². The summed E-state index contributed by atoms with van der Waals surface area (Å²) in [7, 11) is 0. The second-order valence-electron chi connectivity index (χ2n) is 4.95. The molecule has 0 aromatic heterocycles. The van der Waals surface area contributed by atoms with Crippen molar-refractivity contribution in [2.45, 2.75) is 46.6 Å². The average Bonchev–Trinajstić information content (AvgIpc) is 2.15. The van der Waals surface area contributed by atoms with Crippen molar-refractivity contribution in [3.8, 4) is 0 Å². The van der Waals surface area contributed by atoms with Crippen LogP contribution in [0.5, 0.6) is 0 Å². The van der Waals surface area contributed by atoms with E-state index in [9.17, 15) is 4.79 Å². The molecule has 0 aliphatic carbocycles. The van der Waals surface area contributed by atoms with Crippen molar-refractivity contribution < 1.29 is 9.53 Å². The summed E-state index contributed by atoms with van der Waals surface area (Å²) in [5.41, 5.74) is 2.46. The van der Waals surface area contributed by atoms with Crippen molar-refractivity contribution in [3.63, 3.8) is 0 Å². The molecule has 0 spiro atoms. The first-order valence-electron chi connectivity index (χ1n) is 5.67. The minimum absolute atomic E-state index is 0.236. The van der Waals surface area contributed by atoms with Crippen molar-refractivity contribution in [2.75, 3.05) is 0 Å². The second kappa shape index (κ2) is 4.69. The molecule has 0 unspecified atom stereocenters. The zero-order chi connectivity index (χ0) is 12.3. The topological polar surface area (TPSA) is 26.3 Å². The molecule has 2 heteroatoms. The highest BCUT2D eigenvalue weighted by atomic mass is 16.6. The molecule has 0 aliphatic rings. The van der Waals surface area contributed by atoms with E-state index in [1.165, 1.54) is 5.56 Å². The number of carbonyl (C=O) groups excluding carboxylic acids is 1. The summed E-state index contributed by atoms with van der Waals surface area (Å²) in [6.07, 6.45) is 0.933. The van der Waals surface area contributed by atoms with Gasteiger partial charge < -0.3 is 4.74 Å². The maximum Gasteiger partial charge on any atom is 0.338 e. The van der Waals surface area contributed by atoms with E-state index in [-0.39, 0.29) is 5.97 Å². The van der Waals surface area contributed by atoms with E-state index in [1.54, 1.807) is 0 Å². The van der Waals surface area contributed by atoms with E-state index in [0.717, 1.165) is 12.0 Å². The summed E-state index contributed by atoms with van der Waals surface area (Å²) in [5.74, 6) is -0.236. The Labute approximate surface area is 97.6 Å². The quantitative estimate of drug-likeness (QED) is 0.713. The Hall–Kier alpha value is -1.31. The Morgan fingerprint density at radius 3 is 2.44 bits per heavy atom. The number of carbonyl (C=O) groups is 1. The number of rotatable bonds is 2. The molecule has 1 aromatic rings. The van der Waals surface area contributed by atoms with Gasteiger partial charge >= 0.3 is 5.97 Å². The molecule has 1 aromatic carbocycles. The molecule has 0 saturated heterocycles. The van der Waals surface area contributed by atoms with E-state index in [1.807, 2.05) is 45.9 Å². The molecule has 0 heterocycles. The molecule has 0 radical (unpaired) electrons. The van der Waals surface area contributed by atoms with Gasteiger partial charge in [-0.05, 0) is 51.3 Å². The molecular formula is C14H20O2. The van der Waals surface area contributed by atoms with Crippen LogP contribution in [-0.4, -0.2) is 11.6 Å². The van der Waals surface area contributed by atoms with Gasteiger partial charge in [-0.2, -0.15) is 0 Å². The van der Waals surface area contributed by atoms with Crippen LogP contribution >= 0.6 is 0 Å². The summed E-state index contributed by atoms with van der Waals surface area (Å²) in [4.78, 5) is 11.9. The van der Waals surface area contributed by atoms with Crippen LogP contribution in [0.4, 0.5) is 0 Å². The third-order valence-electron chi connectivity index (χ3n) is 2.45. The standard InChI is InChI=1S/C14H20O2/c1-6-11-8-7-9-12(10(11)2)13(15)16-14(3,4)5/h7-9H,6H2,1-5H3. The molecule has 1 rings (SSSR count). The minimum Gasteiger partial charge on any atom is -0.456 e. The predicted octanol–water partition coefficient (Wildman–Crippen LogP) is 3.51. The zero-order valence-corrected chi connectivity index (χ0v) is 10.8. The molecule has 0 bridgehead atoms.